The molecule has 0 atom stereocenters. The Morgan fingerprint density at radius 1 is 1.25 bits per heavy atom. The van der Waals surface area contributed by atoms with Gasteiger partial charge in [0.15, 0.2) is 0 Å². The summed E-state index contributed by atoms with van der Waals surface area (Å²) in [6.07, 6.45) is 0. The maximum Gasteiger partial charge on any atom is 0.0692 e. The zero-order valence-electron chi connectivity index (χ0n) is 4.49. The first-order chi connectivity index (χ1) is 3.79. The van der Waals surface area contributed by atoms with Crippen molar-refractivity contribution in [3.8, 4) is 0 Å². The van der Waals surface area contributed by atoms with Crippen LogP contribution in [0, 0.1) is 6.54 Å². The van der Waals surface area contributed by atoms with Crippen molar-refractivity contribution in [1.29, 1.82) is 0 Å². The SMILES string of the molecule is ON1[CH]CN(O)CC1. The van der Waals surface area contributed by atoms with Crippen molar-refractivity contribution in [3.63, 3.8) is 0 Å². The minimum atomic E-state index is 0.413. The highest BCUT2D eigenvalue weighted by Gasteiger charge is 2.11. The van der Waals surface area contributed by atoms with Gasteiger partial charge in [-0.1, -0.05) is 0 Å². The lowest BCUT2D eigenvalue weighted by atomic mass is 10.4. The van der Waals surface area contributed by atoms with E-state index < -0.39 is 0 Å². The van der Waals surface area contributed by atoms with Gasteiger partial charge in [-0.05, 0) is 0 Å². The first-order valence-electron chi connectivity index (χ1n) is 2.52. The van der Waals surface area contributed by atoms with Gasteiger partial charge in [-0.15, -0.1) is 0 Å². The molecule has 0 aromatic heterocycles. The second-order valence-electron chi connectivity index (χ2n) is 1.76. The third-order valence-corrected chi connectivity index (χ3v) is 1.09. The van der Waals surface area contributed by atoms with Crippen molar-refractivity contribution in [2.75, 3.05) is 19.6 Å². The standard InChI is InChI=1S/C4H9N2O2/c7-5-1-2-6(8)4-3-5/h1,7-8H,2-4H2. The predicted octanol–water partition coefficient (Wildman–Crippen LogP) is -0.456. The summed E-state index contributed by atoms with van der Waals surface area (Å²) in [4.78, 5) is 0. The number of hydrogen-bond donors (Lipinski definition) is 2. The molecular weight excluding hydrogens is 108 g/mol. The van der Waals surface area contributed by atoms with Gasteiger partial charge < -0.3 is 10.4 Å². The molecule has 47 valence electrons. The van der Waals surface area contributed by atoms with Crippen molar-refractivity contribution < 1.29 is 10.4 Å². The van der Waals surface area contributed by atoms with Crippen LogP contribution in [-0.2, 0) is 0 Å². The van der Waals surface area contributed by atoms with Gasteiger partial charge >= 0.3 is 0 Å². The molecule has 0 spiro atoms. The Bertz CT molecular complexity index is 60.4. The van der Waals surface area contributed by atoms with E-state index in [1.807, 2.05) is 0 Å². The summed E-state index contributed by atoms with van der Waals surface area (Å²) in [6, 6.07) is 0. The van der Waals surface area contributed by atoms with Gasteiger partial charge in [-0.2, -0.15) is 10.1 Å². The van der Waals surface area contributed by atoms with E-state index in [1.165, 1.54) is 6.54 Å². The van der Waals surface area contributed by atoms with E-state index in [-0.39, 0.29) is 0 Å². The number of piperazine rings is 1. The number of hydroxylamine groups is 4. The van der Waals surface area contributed by atoms with Gasteiger partial charge in [0.2, 0.25) is 0 Å². The molecule has 0 aliphatic carbocycles. The Labute approximate surface area is 47.8 Å². The molecule has 0 saturated carbocycles. The zero-order valence-corrected chi connectivity index (χ0v) is 4.49. The van der Waals surface area contributed by atoms with Gasteiger partial charge in [0.25, 0.3) is 0 Å². The molecule has 1 heterocycles. The van der Waals surface area contributed by atoms with Gasteiger partial charge in [0, 0.05) is 19.6 Å². The molecule has 1 aliphatic heterocycles. The lowest BCUT2D eigenvalue weighted by molar-refractivity contribution is -0.162. The van der Waals surface area contributed by atoms with E-state index in [4.69, 9.17) is 10.4 Å². The zero-order chi connectivity index (χ0) is 5.98. The monoisotopic (exact) mass is 117 g/mol. The van der Waals surface area contributed by atoms with E-state index in [9.17, 15) is 0 Å². The molecular formula is C4H9N2O2. The highest BCUT2D eigenvalue weighted by Crippen LogP contribution is 1.97. The van der Waals surface area contributed by atoms with Crippen LogP contribution in [0.5, 0.6) is 0 Å². The molecule has 0 bridgehead atoms. The molecule has 0 aromatic carbocycles. The number of rotatable bonds is 0. The third kappa shape index (κ3) is 1.41. The summed E-state index contributed by atoms with van der Waals surface area (Å²) in [5.41, 5.74) is 0. The maximum absolute atomic E-state index is 8.69. The van der Waals surface area contributed by atoms with E-state index in [0.717, 1.165) is 10.1 Å². The fourth-order valence-corrected chi connectivity index (χ4v) is 0.589. The molecule has 4 heteroatoms. The topological polar surface area (TPSA) is 46.9 Å². The van der Waals surface area contributed by atoms with Crippen LogP contribution in [-0.4, -0.2) is 40.2 Å². The molecule has 1 saturated heterocycles. The van der Waals surface area contributed by atoms with Crippen molar-refractivity contribution in [3.05, 3.63) is 6.54 Å². The average molecular weight is 117 g/mol. The molecule has 1 radical (unpaired) electrons. The molecule has 0 aromatic rings. The molecule has 8 heavy (non-hydrogen) atoms. The Balaban J connectivity index is 2.19. The Hall–Kier alpha value is -0.160. The second-order valence-corrected chi connectivity index (χ2v) is 1.76. The largest absolute Gasteiger partial charge is 0.314 e. The molecule has 4 nitrogen and oxygen atoms in total. The molecule has 1 rings (SSSR count). The number of nitrogens with zero attached hydrogens (tertiary/aromatic N) is 2. The quantitative estimate of drug-likeness (QED) is 0.451. The maximum atomic E-state index is 8.69. The summed E-state index contributed by atoms with van der Waals surface area (Å²) in [5, 5.41) is 19.6. The van der Waals surface area contributed by atoms with Gasteiger partial charge in [-0.3, -0.25) is 0 Å². The Morgan fingerprint density at radius 2 is 2.00 bits per heavy atom. The molecule has 1 fully saturated rings. The summed E-state index contributed by atoms with van der Waals surface area (Å²) in [6.45, 7) is 2.92. The normalized spacial score (nSPS) is 26.2. The smallest absolute Gasteiger partial charge is 0.0692 e. The summed E-state index contributed by atoms with van der Waals surface area (Å²) in [5.74, 6) is 0. The van der Waals surface area contributed by atoms with Crippen LogP contribution < -0.4 is 0 Å². The molecule has 2 N–H and O–H groups in total. The third-order valence-electron chi connectivity index (χ3n) is 1.09. The minimum absolute atomic E-state index is 0.413. The highest BCUT2D eigenvalue weighted by molar-refractivity contribution is 4.69. The second kappa shape index (κ2) is 2.41. The van der Waals surface area contributed by atoms with Crippen molar-refractivity contribution in [2.24, 2.45) is 0 Å². The van der Waals surface area contributed by atoms with Crippen LogP contribution >= 0.6 is 0 Å². The molecule has 1 aliphatic rings. The van der Waals surface area contributed by atoms with E-state index in [2.05, 4.69) is 0 Å². The van der Waals surface area contributed by atoms with Crippen LogP contribution in [0.4, 0.5) is 0 Å². The van der Waals surface area contributed by atoms with Gasteiger partial charge in [-0.25, -0.2) is 0 Å². The van der Waals surface area contributed by atoms with Crippen molar-refractivity contribution >= 4 is 0 Å². The van der Waals surface area contributed by atoms with Crippen molar-refractivity contribution in [2.45, 2.75) is 0 Å². The van der Waals surface area contributed by atoms with Crippen LogP contribution in [0.2, 0.25) is 0 Å². The number of hydrogen-bond acceptors (Lipinski definition) is 4. The van der Waals surface area contributed by atoms with E-state index in [0.29, 0.717) is 19.6 Å². The van der Waals surface area contributed by atoms with Crippen LogP contribution in [0.3, 0.4) is 0 Å². The molecule has 0 amide bonds. The summed E-state index contributed by atoms with van der Waals surface area (Å²) < 4.78 is 0. The average Bonchev–Trinajstić information content (AvgIpc) is 1.77. The Morgan fingerprint density at radius 3 is 2.38 bits per heavy atom. The summed E-state index contributed by atoms with van der Waals surface area (Å²) in [7, 11) is 0. The van der Waals surface area contributed by atoms with Crippen LogP contribution in [0.1, 0.15) is 0 Å². The fourth-order valence-electron chi connectivity index (χ4n) is 0.589. The summed E-state index contributed by atoms with van der Waals surface area (Å²) >= 11 is 0. The highest BCUT2D eigenvalue weighted by atomic mass is 16.5. The van der Waals surface area contributed by atoms with Gasteiger partial charge in [0.05, 0.1) is 6.54 Å². The first-order valence-corrected chi connectivity index (χ1v) is 2.52. The predicted molar refractivity (Wildman–Crippen MR) is 26.2 cm³/mol. The van der Waals surface area contributed by atoms with E-state index >= 15 is 0 Å². The molecule has 0 unspecified atom stereocenters. The lowest BCUT2D eigenvalue weighted by Gasteiger charge is -2.25. The Kier molecular flexibility index (Phi) is 1.80. The first kappa shape index (κ1) is 5.97. The lowest BCUT2D eigenvalue weighted by Crippen LogP contribution is -2.39. The minimum Gasteiger partial charge on any atom is -0.314 e. The fraction of sp³-hybridized carbons (Fsp3) is 0.750. The van der Waals surface area contributed by atoms with Crippen LogP contribution in [0.15, 0.2) is 0 Å². The van der Waals surface area contributed by atoms with E-state index in [1.54, 1.807) is 0 Å². The van der Waals surface area contributed by atoms with Gasteiger partial charge in [0.1, 0.15) is 0 Å². The van der Waals surface area contributed by atoms with Crippen LogP contribution in [0.25, 0.3) is 0 Å². The van der Waals surface area contributed by atoms with Crippen molar-refractivity contribution in [1.82, 2.24) is 10.1 Å².